The van der Waals surface area contributed by atoms with E-state index in [0.29, 0.717) is 17.6 Å². The van der Waals surface area contributed by atoms with Crippen molar-refractivity contribution >= 4 is 65.4 Å². The van der Waals surface area contributed by atoms with Crippen LogP contribution < -0.4 is 0 Å². The number of aromatic nitrogens is 7. The first-order chi connectivity index (χ1) is 34.2. The van der Waals surface area contributed by atoms with Crippen LogP contribution in [0.2, 0.25) is 0 Å². The van der Waals surface area contributed by atoms with E-state index in [1.54, 1.807) is 0 Å². The zero-order valence-electron chi connectivity index (χ0n) is 37.1. The van der Waals surface area contributed by atoms with Gasteiger partial charge >= 0.3 is 0 Å². The Balaban J connectivity index is 1.03. The van der Waals surface area contributed by atoms with Crippen molar-refractivity contribution in [3.63, 3.8) is 0 Å². The molecule has 322 valence electrons. The second-order valence-electron chi connectivity index (χ2n) is 17.5. The summed E-state index contributed by atoms with van der Waals surface area (Å²) >= 11 is 0. The number of para-hydroxylation sites is 5. The Bertz CT molecular complexity index is 4040. The first-order valence-corrected chi connectivity index (χ1v) is 23.2. The lowest BCUT2D eigenvalue weighted by atomic mass is 10.0. The second kappa shape index (κ2) is 15.6. The molecule has 0 aliphatic carbocycles. The van der Waals surface area contributed by atoms with Crippen LogP contribution in [0, 0.1) is 0 Å². The molecule has 0 saturated carbocycles. The van der Waals surface area contributed by atoms with Crippen LogP contribution >= 0.6 is 0 Å². The number of rotatable bonds is 7. The third-order valence-electron chi connectivity index (χ3n) is 13.6. The molecule has 7 heteroatoms. The molecule has 69 heavy (non-hydrogen) atoms. The van der Waals surface area contributed by atoms with E-state index in [4.69, 9.17) is 15.0 Å². The summed E-state index contributed by atoms with van der Waals surface area (Å²) in [5.41, 5.74) is 14.7. The Kier molecular flexibility index (Phi) is 8.75. The van der Waals surface area contributed by atoms with Gasteiger partial charge in [-0.2, -0.15) is 9.97 Å². The molecule has 0 amide bonds. The van der Waals surface area contributed by atoms with Crippen molar-refractivity contribution < 1.29 is 0 Å². The van der Waals surface area contributed by atoms with Gasteiger partial charge in [0, 0.05) is 49.6 Å². The van der Waals surface area contributed by atoms with Gasteiger partial charge in [-0.15, -0.1) is 0 Å². The van der Waals surface area contributed by atoms with Crippen LogP contribution in [0.4, 0.5) is 0 Å². The highest BCUT2D eigenvalue weighted by atomic mass is 15.2. The molecule has 0 radical (unpaired) electrons. The van der Waals surface area contributed by atoms with Crippen LogP contribution in [-0.4, -0.2) is 33.6 Å². The van der Waals surface area contributed by atoms with Gasteiger partial charge in [0.25, 0.3) is 0 Å². The van der Waals surface area contributed by atoms with Gasteiger partial charge in [-0.05, 0) is 95.1 Å². The molecule has 5 aromatic heterocycles. The quantitative estimate of drug-likeness (QED) is 0.160. The zero-order chi connectivity index (χ0) is 45.4. The maximum atomic E-state index is 5.53. The highest BCUT2D eigenvalue weighted by Crippen LogP contribution is 2.41. The number of hydrogen-bond donors (Lipinski definition) is 0. The Morgan fingerprint density at radius 3 is 1.20 bits per heavy atom. The summed E-state index contributed by atoms with van der Waals surface area (Å²) in [4.78, 5) is 21.1. The summed E-state index contributed by atoms with van der Waals surface area (Å²) < 4.78 is 6.85. The standard InChI is InChI=1S/C62H39N7/c1-3-17-40(18-4-1)42-31-33-57-50(37-42)45-22-8-12-26-52(45)67(57)55-29-15-10-24-48(55)60-64-61(66-62(65-60)69-54-28-14-7-21-44(54)47-35-36-63-39-59(47)69)49-25-11-16-30-56(49)68-53-27-13-9-23-46(53)51-38-43(32-34-58(51)68)41-19-5-2-6-20-41/h1-39H. The summed E-state index contributed by atoms with van der Waals surface area (Å²) in [5.74, 6) is 1.61. The molecule has 0 aliphatic heterocycles. The molecule has 0 atom stereocenters. The molecule has 14 rings (SSSR count). The van der Waals surface area contributed by atoms with Gasteiger partial charge in [-0.25, -0.2) is 4.98 Å². The fourth-order valence-electron chi connectivity index (χ4n) is 10.5. The predicted molar refractivity (Wildman–Crippen MR) is 282 cm³/mol. The van der Waals surface area contributed by atoms with Gasteiger partial charge in [-0.1, -0.05) is 152 Å². The maximum absolute atomic E-state index is 5.53. The molecule has 0 saturated heterocycles. The van der Waals surface area contributed by atoms with Crippen molar-refractivity contribution in [1.82, 2.24) is 33.6 Å². The lowest BCUT2D eigenvalue weighted by Gasteiger charge is -2.17. The molecule has 0 spiro atoms. The minimum absolute atomic E-state index is 0.503. The molecule has 0 fully saturated rings. The van der Waals surface area contributed by atoms with Crippen molar-refractivity contribution in [2.24, 2.45) is 0 Å². The minimum Gasteiger partial charge on any atom is -0.309 e. The van der Waals surface area contributed by atoms with E-state index in [0.717, 1.165) is 66.4 Å². The van der Waals surface area contributed by atoms with Crippen molar-refractivity contribution in [3.05, 3.63) is 237 Å². The maximum Gasteiger partial charge on any atom is 0.238 e. The van der Waals surface area contributed by atoms with E-state index in [1.165, 1.54) is 43.8 Å². The second-order valence-corrected chi connectivity index (χ2v) is 17.5. The van der Waals surface area contributed by atoms with Crippen molar-refractivity contribution in [2.45, 2.75) is 0 Å². The monoisotopic (exact) mass is 881 g/mol. The highest BCUT2D eigenvalue weighted by molar-refractivity contribution is 6.13. The number of hydrogen-bond acceptors (Lipinski definition) is 4. The lowest BCUT2D eigenvalue weighted by molar-refractivity contribution is 0.948. The Labute approximate surface area is 396 Å². The van der Waals surface area contributed by atoms with Crippen LogP contribution in [0.3, 0.4) is 0 Å². The third kappa shape index (κ3) is 6.14. The molecule has 5 heterocycles. The fraction of sp³-hybridized carbons (Fsp3) is 0. The summed E-state index contributed by atoms with van der Waals surface area (Å²) in [6, 6.07) is 79.5. The molecule has 0 bridgehead atoms. The number of pyridine rings is 1. The van der Waals surface area contributed by atoms with Crippen molar-refractivity contribution in [3.8, 4) is 62.4 Å². The molecular weight excluding hydrogens is 843 g/mol. The van der Waals surface area contributed by atoms with Crippen molar-refractivity contribution in [1.29, 1.82) is 0 Å². The number of fused-ring (bicyclic) bond motifs is 9. The number of benzene rings is 9. The van der Waals surface area contributed by atoms with Gasteiger partial charge in [0.05, 0.1) is 50.7 Å². The third-order valence-corrected chi connectivity index (χ3v) is 13.6. The summed E-state index contributed by atoms with van der Waals surface area (Å²) in [7, 11) is 0. The van der Waals surface area contributed by atoms with E-state index < -0.39 is 0 Å². The average molecular weight is 882 g/mol. The highest BCUT2D eigenvalue weighted by Gasteiger charge is 2.24. The van der Waals surface area contributed by atoms with Gasteiger partial charge in [0.1, 0.15) is 0 Å². The van der Waals surface area contributed by atoms with E-state index in [1.807, 2.05) is 12.4 Å². The summed E-state index contributed by atoms with van der Waals surface area (Å²) in [6.45, 7) is 0. The Morgan fingerprint density at radius 2 is 0.681 bits per heavy atom. The lowest BCUT2D eigenvalue weighted by Crippen LogP contribution is -2.09. The average Bonchev–Trinajstić information content (AvgIpc) is 4.06. The van der Waals surface area contributed by atoms with Crippen LogP contribution in [0.1, 0.15) is 0 Å². The first kappa shape index (κ1) is 38.8. The van der Waals surface area contributed by atoms with E-state index in [-0.39, 0.29) is 0 Å². The summed E-state index contributed by atoms with van der Waals surface area (Å²) in [6.07, 6.45) is 3.75. The van der Waals surface area contributed by atoms with E-state index in [2.05, 4.69) is 243 Å². The molecule has 0 N–H and O–H groups in total. The van der Waals surface area contributed by atoms with Crippen LogP contribution in [-0.2, 0) is 0 Å². The smallest absolute Gasteiger partial charge is 0.238 e. The Morgan fingerprint density at radius 1 is 0.275 bits per heavy atom. The molecular formula is C62H39N7. The van der Waals surface area contributed by atoms with Crippen LogP contribution in [0.25, 0.3) is 128 Å². The Hall–Kier alpha value is -9.46. The van der Waals surface area contributed by atoms with Gasteiger partial charge < -0.3 is 9.13 Å². The largest absolute Gasteiger partial charge is 0.309 e. The first-order valence-electron chi connectivity index (χ1n) is 23.2. The summed E-state index contributed by atoms with van der Waals surface area (Å²) in [5, 5.41) is 6.86. The number of nitrogens with zero attached hydrogens (tertiary/aromatic N) is 7. The van der Waals surface area contributed by atoms with Gasteiger partial charge in [-0.3, -0.25) is 9.55 Å². The minimum atomic E-state index is 0.503. The molecule has 0 aliphatic rings. The molecule has 0 unspecified atom stereocenters. The molecule has 7 nitrogen and oxygen atoms in total. The molecule has 14 aromatic rings. The fourth-order valence-corrected chi connectivity index (χ4v) is 10.5. The van der Waals surface area contributed by atoms with Gasteiger partial charge in [0.15, 0.2) is 11.6 Å². The normalized spacial score (nSPS) is 11.8. The van der Waals surface area contributed by atoms with E-state index >= 15 is 0 Å². The van der Waals surface area contributed by atoms with Crippen LogP contribution in [0.15, 0.2) is 237 Å². The van der Waals surface area contributed by atoms with Crippen molar-refractivity contribution in [2.75, 3.05) is 0 Å². The topological polar surface area (TPSA) is 66.3 Å². The van der Waals surface area contributed by atoms with Crippen LogP contribution in [0.5, 0.6) is 0 Å². The zero-order valence-corrected chi connectivity index (χ0v) is 37.1. The molecule has 9 aromatic carbocycles. The SMILES string of the molecule is c1ccc(-c2ccc3c(c2)c2ccccc2n3-c2ccccc2-c2nc(-c3ccccc3-n3c4ccccc4c4cc(-c5ccccc5)ccc43)nc(-n3c4ccccc4c4ccncc43)n2)cc1. The predicted octanol–water partition coefficient (Wildman–Crippen LogP) is 15.2. The van der Waals surface area contributed by atoms with Gasteiger partial charge in [0.2, 0.25) is 5.95 Å². The van der Waals surface area contributed by atoms with E-state index in [9.17, 15) is 0 Å².